The van der Waals surface area contributed by atoms with Crippen LogP contribution in [0, 0.1) is 5.82 Å². The molecule has 1 aromatic heterocycles. The second-order valence-corrected chi connectivity index (χ2v) is 4.27. The second kappa shape index (κ2) is 6.14. The highest BCUT2D eigenvalue weighted by atomic mass is 19.1. The normalized spacial score (nSPS) is 10.2. The molecule has 4 nitrogen and oxygen atoms in total. The van der Waals surface area contributed by atoms with Gasteiger partial charge < -0.3 is 10.2 Å². The lowest BCUT2D eigenvalue weighted by molar-refractivity contribution is 0.0992. The molecule has 0 aliphatic rings. The predicted molar refractivity (Wildman–Crippen MR) is 77.5 cm³/mol. The number of carbonyl (C=O) groups excluding carboxylic acids is 1. The zero-order valence-corrected chi connectivity index (χ0v) is 11.4. The monoisotopic (exact) mass is 273 g/mol. The minimum atomic E-state index is -0.433. The number of para-hydroxylation sites is 1. The number of benzene rings is 1. The van der Waals surface area contributed by atoms with Crippen molar-refractivity contribution >= 4 is 17.3 Å². The maximum Gasteiger partial charge on any atom is 0.261 e. The average molecular weight is 273 g/mol. The van der Waals surface area contributed by atoms with Gasteiger partial charge in [-0.15, -0.1) is 0 Å². The molecule has 0 atom stereocenters. The minimum Gasteiger partial charge on any atom is -0.385 e. The van der Waals surface area contributed by atoms with E-state index in [4.69, 9.17) is 0 Å². The quantitative estimate of drug-likeness (QED) is 0.931. The fourth-order valence-corrected chi connectivity index (χ4v) is 1.92. The van der Waals surface area contributed by atoms with E-state index in [-0.39, 0.29) is 11.6 Å². The molecule has 1 heterocycles. The van der Waals surface area contributed by atoms with Gasteiger partial charge in [-0.05, 0) is 25.1 Å². The smallest absolute Gasteiger partial charge is 0.261 e. The van der Waals surface area contributed by atoms with Gasteiger partial charge in [0.25, 0.3) is 5.91 Å². The van der Waals surface area contributed by atoms with Crippen molar-refractivity contribution in [3.05, 3.63) is 54.1 Å². The lowest BCUT2D eigenvalue weighted by Gasteiger charge is -2.19. The fourth-order valence-electron chi connectivity index (χ4n) is 1.92. The van der Waals surface area contributed by atoms with E-state index in [9.17, 15) is 9.18 Å². The van der Waals surface area contributed by atoms with E-state index < -0.39 is 5.82 Å². The van der Waals surface area contributed by atoms with Crippen LogP contribution in [0.3, 0.4) is 0 Å². The van der Waals surface area contributed by atoms with Crippen molar-refractivity contribution in [1.29, 1.82) is 0 Å². The van der Waals surface area contributed by atoms with Crippen molar-refractivity contribution in [2.45, 2.75) is 6.92 Å². The molecule has 0 aliphatic carbocycles. The number of aromatic nitrogens is 1. The van der Waals surface area contributed by atoms with Gasteiger partial charge in [0, 0.05) is 26.0 Å². The highest BCUT2D eigenvalue weighted by Gasteiger charge is 2.19. The van der Waals surface area contributed by atoms with Gasteiger partial charge in [-0.3, -0.25) is 9.78 Å². The number of nitrogens with one attached hydrogen (secondary N) is 1. The van der Waals surface area contributed by atoms with Gasteiger partial charge in [-0.2, -0.15) is 0 Å². The van der Waals surface area contributed by atoms with E-state index in [1.165, 1.54) is 17.2 Å². The molecule has 0 spiro atoms. The fraction of sp³-hybridized carbons (Fsp3) is 0.200. The number of anilines is 2. The van der Waals surface area contributed by atoms with Gasteiger partial charge >= 0.3 is 0 Å². The maximum absolute atomic E-state index is 13.7. The van der Waals surface area contributed by atoms with E-state index in [1.54, 1.807) is 37.5 Å². The molecule has 0 fully saturated rings. The summed E-state index contributed by atoms with van der Waals surface area (Å²) in [6, 6.07) is 7.90. The van der Waals surface area contributed by atoms with Gasteiger partial charge in [0.15, 0.2) is 0 Å². The Labute approximate surface area is 117 Å². The third-order valence-electron chi connectivity index (χ3n) is 2.94. The number of nitrogens with zero attached hydrogens (tertiary/aromatic N) is 2. The first-order chi connectivity index (χ1) is 9.65. The first-order valence-electron chi connectivity index (χ1n) is 6.35. The zero-order valence-electron chi connectivity index (χ0n) is 11.4. The van der Waals surface area contributed by atoms with Crippen molar-refractivity contribution < 1.29 is 9.18 Å². The Morgan fingerprint density at radius 1 is 1.35 bits per heavy atom. The number of rotatable bonds is 4. The number of amides is 1. The molecule has 1 amide bonds. The van der Waals surface area contributed by atoms with Crippen LogP contribution >= 0.6 is 0 Å². The summed E-state index contributed by atoms with van der Waals surface area (Å²) in [5.74, 6) is -0.739. The van der Waals surface area contributed by atoms with Gasteiger partial charge in [0.2, 0.25) is 0 Å². The van der Waals surface area contributed by atoms with Crippen molar-refractivity contribution in [3.63, 3.8) is 0 Å². The van der Waals surface area contributed by atoms with E-state index >= 15 is 0 Å². The predicted octanol–water partition coefficient (Wildman–Crippen LogP) is 2.93. The van der Waals surface area contributed by atoms with Crippen LogP contribution in [0.4, 0.5) is 15.8 Å². The van der Waals surface area contributed by atoms with Gasteiger partial charge in [0.1, 0.15) is 5.82 Å². The van der Waals surface area contributed by atoms with E-state index in [0.717, 1.165) is 0 Å². The molecule has 0 aliphatic heterocycles. The van der Waals surface area contributed by atoms with Crippen LogP contribution in [0.1, 0.15) is 17.3 Å². The van der Waals surface area contributed by atoms with Gasteiger partial charge in [0.05, 0.1) is 16.9 Å². The van der Waals surface area contributed by atoms with Crippen LogP contribution in [-0.4, -0.2) is 24.5 Å². The van der Waals surface area contributed by atoms with Crippen LogP contribution < -0.4 is 10.2 Å². The molecule has 0 unspecified atom stereocenters. The molecule has 1 aromatic carbocycles. The highest BCUT2D eigenvalue weighted by molar-refractivity contribution is 6.09. The lowest BCUT2D eigenvalue weighted by atomic mass is 10.2. The number of carbonyl (C=O) groups is 1. The third kappa shape index (κ3) is 2.77. The topological polar surface area (TPSA) is 45.2 Å². The van der Waals surface area contributed by atoms with Crippen LogP contribution in [-0.2, 0) is 0 Å². The first-order valence-corrected chi connectivity index (χ1v) is 6.35. The van der Waals surface area contributed by atoms with E-state index in [0.29, 0.717) is 17.8 Å². The Morgan fingerprint density at radius 2 is 2.10 bits per heavy atom. The number of hydrogen-bond donors (Lipinski definition) is 1. The largest absolute Gasteiger partial charge is 0.385 e. The second-order valence-electron chi connectivity index (χ2n) is 4.27. The molecule has 0 bridgehead atoms. The van der Waals surface area contributed by atoms with Crippen LogP contribution in [0.15, 0.2) is 42.7 Å². The number of pyridine rings is 1. The first kappa shape index (κ1) is 14.0. The molecule has 104 valence electrons. The molecule has 2 aromatic rings. The molecular formula is C15H16FN3O. The summed E-state index contributed by atoms with van der Waals surface area (Å²) in [4.78, 5) is 17.7. The lowest BCUT2D eigenvalue weighted by Crippen LogP contribution is -2.28. The maximum atomic E-state index is 13.7. The summed E-state index contributed by atoms with van der Waals surface area (Å²) >= 11 is 0. The standard InChI is InChI=1S/C15H16FN3O/c1-3-18-13-8-9-17-10-11(13)15(20)19(2)14-7-5-4-6-12(14)16/h4-10H,3H2,1-2H3,(H,17,18). The summed E-state index contributed by atoms with van der Waals surface area (Å²) < 4.78 is 13.7. The summed E-state index contributed by atoms with van der Waals surface area (Å²) in [6.07, 6.45) is 3.09. The highest BCUT2D eigenvalue weighted by Crippen LogP contribution is 2.22. The molecule has 2 rings (SSSR count). The number of halogens is 1. The average Bonchev–Trinajstić information content (AvgIpc) is 2.47. The van der Waals surface area contributed by atoms with Gasteiger partial charge in [-0.25, -0.2) is 4.39 Å². The Bertz CT molecular complexity index is 616. The Hall–Kier alpha value is -2.43. The van der Waals surface area contributed by atoms with Crippen LogP contribution in [0.25, 0.3) is 0 Å². The Morgan fingerprint density at radius 3 is 2.80 bits per heavy atom. The summed E-state index contributed by atoms with van der Waals surface area (Å²) in [5, 5.41) is 3.10. The van der Waals surface area contributed by atoms with Crippen molar-refractivity contribution in [3.8, 4) is 0 Å². The molecule has 0 radical (unpaired) electrons. The van der Waals surface area contributed by atoms with Crippen molar-refractivity contribution in [2.75, 3.05) is 23.8 Å². The molecular weight excluding hydrogens is 257 g/mol. The molecule has 1 N–H and O–H groups in total. The third-order valence-corrected chi connectivity index (χ3v) is 2.94. The van der Waals surface area contributed by atoms with E-state index in [1.807, 2.05) is 6.92 Å². The molecule has 5 heteroatoms. The number of hydrogen-bond acceptors (Lipinski definition) is 3. The minimum absolute atomic E-state index is 0.240. The SMILES string of the molecule is CCNc1ccncc1C(=O)N(C)c1ccccc1F. The zero-order chi connectivity index (χ0) is 14.5. The molecule has 20 heavy (non-hydrogen) atoms. The van der Waals surface area contributed by atoms with Gasteiger partial charge in [-0.1, -0.05) is 12.1 Å². The van der Waals surface area contributed by atoms with Crippen LogP contribution in [0.5, 0.6) is 0 Å². The summed E-state index contributed by atoms with van der Waals surface area (Å²) in [7, 11) is 1.55. The molecule has 0 saturated carbocycles. The Balaban J connectivity index is 2.34. The summed E-state index contributed by atoms with van der Waals surface area (Å²) in [6.45, 7) is 2.63. The molecule has 0 saturated heterocycles. The van der Waals surface area contributed by atoms with Crippen molar-refractivity contribution in [1.82, 2.24) is 4.98 Å². The van der Waals surface area contributed by atoms with Crippen LogP contribution in [0.2, 0.25) is 0 Å². The van der Waals surface area contributed by atoms with E-state index in [2.05, 4.69) is 10.3 Å². The van der Waals surface area contributed by atoms with Crippen molar-refractivity contribution in [2.24, 2.45) is 0 Å². The Kier molecular flexibility index (Phi) is 4.30. The summed E-state index contributed by atoms with van der Waals surface area (Å²) in [5.41, 5.74) is 1.35.